The molecule has 0 aromatic carbocycles. The highest BCUT2D eigenvalue weighted by Gasteiger charge is 2.42. The molecule has 4 heteroatoms. The van der Waals surface area contributed by atoms with E-state index in [-0.39, 0.29) is 0 Å². The SMILES string of the molecule is CCCCCOCC12CSC(SC1)SC2. The third kappa shape index (κ3) is 3.48. The molecule has 2 bridgehead atoms. The van der Waals surface area contributed by atoms with Gasteiger partial charge in [0.05, 0.1) is 10.5 Å². The van der Waals surface area contributed by atoms with Gasteiger partial charge >= 0.3 is 0 Å². The van der Waals surface area contributed by atoms with Gasteiger partial charge in [-0.2, -0.15) is 0 Å². The van der Waals surface area contributed by atoms with Crippen LogP contribution in [0.1, 0.15) is 26.2 Å². The fourth-order valence-corrected chi connectivity index (χ4v) is 6.97. The Bertz CT molecular complexity index is 176. The van der Waals surface area contributed by atoms with Crippen LogP contribution in [0.15, 0.2) is 0 Å². The lowest BCUT2D eigenvalue weighted by atomic mass is 9.97. The van der Waals surface area contributed by atoms with Crippen LogP contribution in [-0.2, 0) is 4.74 Å². The van der Waals surface area contributed by atoms with E-state index < -0.39 is 0 Å². The summed E-state index contributed by atoms with van der Waals surface area (Å²) in [5, 5.41) is 0. The van der Waals surface area contributed by atoms with Gasteiger partial charge in [0.2, 0.25) is 0 Å². The zero-order valence-electron chi connectivity index (χ0n) is 9.37. The quantitative estimate of drug-likeness (QED) is 0.676. The molecule has 0 unspecified atom stereocenters. The van der Waals surface area contributed by atoms with E-state index >= 15 is 0 Å². The number of ether oxygens (including phenoxy) is 1. The lowest BCUT2D eigenvalue weighted by Crippen LogP contribution is -2.43. The molecule has 0 atom stereocenters. The maximum Gasteiger partial charge on any atom is 0.0956 e. The fourth-order valence-electron chi connectivity index (χ4n) is 1.87. The van der Waals surface area contributed by atoms with Crippen LogP contribution < -0.4 is 0 Å². The number of hydrogen-bond acceptors (Lipinski definition) is 4. The number of hydrogen-bond donors (Lipinski definition) is 0. The standard InChI is InChI=1S/C11H20OS3/c1-2-3-4-5-12-6-11-7-13-10(14-8-11)15-9-11/h10H,2-9H2,1H3. The highest BCUT2D eigenvalue weighted by molar-refractivity contribution is 8.33. The number of rotatable bonds is 6. The van der Waals surface area contributed by atoms with Crippen molar-refractivity contribution in [3.05, 3.63) is 0 Å². The summed E-state index contributed by atoms with van der Waals surface area (Å²) >= 11 is 6.38. The van der Waals surface area contributed by atoms with Gasteiger partial charge in [-0.25, -0.2) is 0 Å². The minimum atomic E-state index is 0.501. The molecule has 0 radical (unpaired) electrons. The molecular weight excluding hydrogens is 244 g/mol. The largest absolute Gasteiger partial charge is 0.381 e. The van der Waals surface area contributed by atoms with E-state index in [1.54, 1.807) is 0 Å². The summed E-state index contributed by atoms with van der Waals surface area (Å²) in [6, 6.07) is 0. The lowest BCUT2D eigenvalue weighted by Gasteiger charge is -2.44. The van der Waals surface area contributed by atoms with Gasteiger partial charge in [0.15, 0.2) is 0 Å². The average Bonchev–Trinajstić information content (AvgIpc) is 2.31. The molecule has 0 amide bonds. The summed E-state index contributed by atoms with van der Waals surface area (Å²) in [6.07, 6.45) is 3.84. The summed E-state index contributed by atoms with van der Waals surface area (Å²) in [5.41, 5.74) is 0.501. The molecule has 0 saturated carbocycles. The van der Waals surface area contributed by atoms with Crippen molar-refractivity contribution in [2.24, 2.45) is 5.41 Å². The van der Waals surface area contributed by atoms with Crippen molar-refractivity contribution in [1.82, 2.24) is 0 Å². The minimum absolute atomic E-state index is 0.501. The van der Waals surface area contributed by atoms with Gasteiger partial charge < -0.3 is 4.74 Å². The van der Waals surface area contributed by atoms with Crippen LogP contribution in [0.3, 0.4) is 0 Å². The zero-order chi connectivity index (χ0) is 10.6. The molecule has 3 heterocycles. The van der Waals surface area contributed by atoms with Crippen molar-refractivity contribution < 1.29 is 4.74 Å². The second-order valence-corrected chi connectivity index (χ2v) is 8.66. The second-order valence-electron chi connectivity index (χ2n) is 4.48. The zero-order valence-corrected chi connectivity index (χ0v) is 11.8. The molecule has 0 aliphatic carbocycles. The molecular formula is C11H20OS3. The smallest absolute Gasteiger partial charge is 0.0956 e. The first-order valence-corrected chi connectivity index (χ1v) is 8.92. The molecule has 3 fully saturated rings. The molecule has 0 aromatic heterocycles. The first-order chi connectivity index (χ1) is 7.35. The third-order valence-electron chi connectivity index (χ3n) is 2.88. The first-order valence-electron chi connectivity index (χ1n) is 5.77. The minimum Gasteiger partial charge on any atom is -0.381 e. The van der Waals surface area contributed by atoms with E-state index in [1.807, 2.05) is 0 Å². The maximum absolute atomic E-state index is 5.85. The van der Waals surface area contributed by atoms with Crippen molar-refractivity contribution in [2.45, 2.75) is 30.1 Å². The predicted octanol–water partition coefficient (Wildman–Crippen LogP) is 3.69. The van der Waals surface area contributed by atoms with Gasteiger partial charge in [-0.3, -0.25) is 0 Å². The van der Waals surface area contributed by atoms with E-state index in [9.17, 15) is 0 Å². The monoisotopic (exact) mass is 264 g/mol. The van der Waals surface area contributed by atoms with Crippen molar-refractivity contribution in [2.75, 3.05) is 30.5 Å². The van der Waals surface area contributed by atoms with Gasteiger partial charge in [0.25, 0.3) is 0 Å². The van der Waals surface area contributed by atoms with E-state index in [4.69, 9.17) is 4.74 Å². The highest BCUT2D eigenvalue weighted by atomic mass is 32.3. The molecule has 3 aliphatic rings. The molecule has 1 nitrogen and oxygen atoms in total. The van der Waals surface area contributed by atoms with Gasteiger partial charge in [0, 0.05) is 29.3 Å². The normalized spacial score (nSPS) is 34.6. The van der Waals surface area contributed by atoms with Crippen LogP contribution >= 0.6 is 35.3 Å². The number of fused-ring (bicyclic) bond motifs is 3. The van der Waals surface area contributed by atoms with E-state index in [0.717, 1.165) is 17.1 Å². The highest BCUT2D eigenvalue weighted by Crippen LogP contribution is 2.53. The second kappa shape index (κ2) is 6.08. The Labute approximate surface area is 106 Å². The molecule has 0 N–H and O–H groups in total. The Morgan fingerprint density at radius 1 is 1.13 bits per heavy atom. The Kier molecular flexibility index (Phi) is 5.05. The van der Waals surface area contributed by atoms with Crippen LogP contribution in [0.25, 0.3) is 0 Å². The molecule has 3 aliphatic heterocycles. The van der Waals surface area contributed by atoms with Crippen LogP contribution in [0.4, 0.5) is 0 Å². The van der Waals surface area contributed by atoms with Crippen LogP contribution in [-0.4, -0.2) is 34.4 Å². The van der Waals surface area contributed by atoms with Gasteiger partial charge in [-0.1, -0.05) is 19.8 Å². The summed E-state index contributed by atoms with van der Waals surface area (Å²) in [5.74, 6) is 3.97. The Hall–Kier alpha value is 1.01. The van der Waals surface area contributed by atoms with Crippen LogP contribution in [0.5, 0.6) is 0 Å². The predicted molar refractivity (Wildman–Crippen MR) is 73.9 cm³/mol. The number of unbranched alkanes of at least 4 members (excludes halogenated alkanes) is 2. The molecule has 0 aromatic rings. The Morgan fingerprint density at radius 3 is 2.40 bits per heavy atom. The Morgan fingerprint density at radius 2 is 1.80 bits per heavy atom. The van der Waals surface area contributed by atoms with Gasteiger partial charge in [-0.15, -0.1) is 35.3 Å². The maximum atomic E-state index is 5.85. The summed E-state index contributed by atoms with van der Waals surface area (Å²) in [6.45, 7) is 4.21. The summed E-state index contributed by atoms with van der Waals surface area (Å²) < 4.78 is 6.68. The molecule has 3 rings (SSSR count). The van der Waals surface area contributed by atoms with Crippen molar-refractivity contribution in [3.8, 4) is 0 Å². The van der Waals surface area contributed by atoms with E-state index in [2.05, 4.69) is 42.2 Å². The van der Waals surface area contributed by atoms with E-state index in [0.29, 0.717) is 5.41 Å². The molecule has 15 heavy (non-hydrogen) atoms. The number of thioether (sulfide) groups is 3. The van der Waals surface area contributed by atoms with E-state index in [1.165, 1.54) is 36.5 Å². The van der Waals surface area contributed by atoms with Crippen molar-refractivity contribution in [1.29, 1.82) is 0 Å². The molecule has 0 spiro atoms. The summed E-state index contributed by atoms with van der Waals surface area (Å²) in [4.78, 5) is 0. The summed E-state index contributed by atoms with van der Waals surface area (Å²) in [7, 11) is 0. The van der Waals surface area contributed by atoms with Crippen LogP contribution in [0.2, 0.25) is 0 Å². The topological polar surface area (TPSA) is 9.23 Å². The fraction of sp³-hybridized carbons (Fsp3) is 1.00. The Balaban J connectivity index is 1.64. The molecule has 3 saturated heterocycles. The first kappa shape index (κ1) is 12.5. The third-order valence-corrected chi connectivity index (χ3v) is 8.48. The van der Waals surface area contributed by atoms with Gasteiger partial charge in [-0.05, 0) is 6.42 Å². The van der Waals surface area contributed by atoms with Crippen molar-refractivity contribution in [3.63, 3.8) is 0 Å². The van der Waals surface area contributed by atoms with Crippen LogP contribution in [0, 0.1) is 5.41 Å². The molecule has 88 valence electrons. The lowest BCUT2D eigenvalue weighted by molar-refractivity contribution is 0.0742. The van der Waals surface area contributed by atoms with Crippen molar-refractivity contribution >= 4 is 35.3 Å². The van der Waals surface area contributed by atoms with Gasteiger partial charge in [0.1, 0.15) is 0 Å². The average molecular weight is 264 g/mol.